The maximum atomic E-state index is 5.19. The van der Waals surface area contributed by atoms with E-state index < -0.39 is 0 Å². The van der Waals surface area contributed by atoms with Crippen LogP contribution in [0.1, 0.15) is 6.92 Å². The van der Waals surface area contributed by atoms with Gasteiger partial charge in [-0.25, -0.2) is 0 Å². The van der Waals surface area contributed by atoms with Crippen LogP contribution in [0.4, 0.5) is 0 Å². The Kier molecular flexibility index (Phi) is 4.27. The van der Waals surface area contributed by atoms with Crippen molar-refractivity contribution >= 4 is 3.90 Å². The Balaban J connectivity index is 4.30. The average Bonchev–Trinajstić information content (AvgIpc) is 1.82. The topological polar surface area (TPSA) is 0 Å². The van der Waals surface area contributed by atoms with Gasteiger partial charge in [0.05, 0.1) is 0 Å². The molecule has 0 aromatic carbocycles. The van der Waals surface area contributed by atoms with Crippen molar-refractivity contribution < 1.29 is 19.4 Å². The minimum atomic E-state index is 0.752. The van der Waals surface area contributed by atoms with Crippen LogP contribution < -0.4 is 0 Å². The fourth-order valence-corrected chi connectivity index (χ4v) is 0.813. The monoisotopic (exact) mass is 287 g/mol. The molecule has 0 radical (unpaired) electrons. The standard InChI is InChI=1S/C8H7.W/c1-4-7-8(5-2)6-3;/h2-3,5,7H,1H3;/q-1;/b8-7+;. The first-order valence-corrected chi connectivity index (χ1v) is 3.91. The average molecular weight is 287 g/mol. The molecule has 0 atom stereocenters. The first-order valence-electron chi connectivity index (χ1n) is 2.44. The molecule has 0 fully saturated rings. The van der Waals surface area contributed by atoms with Gasteiger partial charge in [-0.2, -0.15) is 0 Å². The van der Waals surface area contributed by atoms with Crippen LogP contribution in [0, 0.1) is 18.9 Å². The van der Waals surface area contributed by atoms with Gasteiger partial charge < -0.3 is 0 Å². The van der Waals surface area contributed by atoms with E-state index in [0.717, 1.165) is 5.57 Å². The summed E-state index contributed by atoms with van der Waals surface area (Å²) < 4.78 is 1.24. The number of terminal acetylenes is 1. The van der Waals surface area contributed by atoms with Gasteiger partial charge in [0.25, 0.3) is 0 Å². The molecule has 0 bridgehead atoms. The zero-order valence-electron chi connectivity index (χ0n) is 5.22. The summed E-state index contributed by atoms with van der Waals surface area (Å²) in [4.78, 5) is 0. The molecule has 0 rings (SSSR count). The molecule has 0 aliphatic carbocycles. The van der Waals surface area contributed by atoms with Crippen molar-refractivity contribution in [2.24, 2.45) is 0 Å². The molecule has 9 heavy (non-hydrogen) atoms. The Hall–Kier alpha value is -0.402. The quantitative estimate of drug-likeness (QED) is 0.408. The molecule has 0 unspecified atom stereocenters. The van der Waals surface area contributed by atoms with Crippen molar-refractivity contribution in [3.8, 4) is 12.3 Å². The number of allylic oxidation sites excluding steroid dienone is 3. The summed E-state index contributed by atoms with van der Waals surface area (Å²) >= 11 is 1.42. The molecule has 0 spiro atoms. The van der Waals surface area contributed by atoms with E-state index in [1.165, 1.54) is 29.3 Å². The third-order valence-electron chi connectivity index (χ3n) is 0.705. The molecular formula is C8H7W-. The third kappa shape index (κ3) is 4.12. The van der Waals surface area contributed by atoms with Crippen LogP contribution in [0.3, 0.4) is 0 Å². The molecule has 0 heterocycles. The summed E-state index contributed by atoms with van der Waals surface area (Å²) in [5.74, 6) is 2.46. The van der Waals surface area contributed by atoms with Crippen molar-refractivity contribution in [1.29, 1.82) is 0 Å². The zero-order valence-corrected chi connectivity index (χ0v) is 8.15. The van der Waals surface area contributed by atoms with Crippen LogP contribution in [0.25, 0.3) is 0 Å². The molecule has 0 aromatic rings. The molecule has 0 amide bonds. The summed E-state index contributed by atoms with van der Waals surface area (Å²) in [5, 5.41) is 0. The van der Waals surface area contributed by atoms with E-state index >= 15 is 0 Å². The van der Waals surface area contributed by atoms with E-state index in [2.05, 4.69) is 5.92 Å². The van der Waals surface area contributed by atoms with Gasteiger partial charge in [-0.05, 0) is 0 Å². The van der Waals surface area contributed by atoms with E-state index in [0.29, 0.717) is 0 Å². The van der Waals surface area contributed by atoms with Gasteiger partial charge in [0, 0.05) is 0 Å². The second kappa shape index (κ2) is 4.47. The van der Waals surface area contributed by atoms with Gasteiger partial charge in [-0.15, -0.1) is 0 Å². The summed E-state index contributed by atoms with van der Waals surface area (Å²) in [6.07, 6.45) is 8.43. The van der Waals surface area contributed by atoms with Crippen LogP contribution in [0.2, 0.25) is 0 Å². The van der Waals surface area contributed by atoms with Gasteiger partial charge in [0.2, 0.25) is 0 Å². The van der Waals surface area contributed by atoms with Crippen molar-refractivity contribution in [3.05, 3.63) is 24.3 Å². The second-order valence-corrected chi connectivity index (χ2v) is 3.83. The molecule has 46 valence electrons. The van der Waals surface area contributed by atoms with E-state index in [1.807, 2.05) is 13.0 Å². The summed E-state index contributed by atoms with van der Waals surface area (Å²) in [7, 11) is 0. The molecule has 1 heteroatoms. The van der Waals surface area contributed by atoms with Gasteiger partial charge in [-0.3, -0.25) is 0 Å². The fraction of sp³-hybridized carbons (Fsp3) is 0.125. The first-order chi connectivity index (χ1) is 4.20. The predicted molar refractivity (Wildman–Crippen MR) is 36.5 cm³/mol. The Bertz CT molecular complexity index is 191. The molecular weight excluding hydrogens is 280 g/mol. The minimum absolute atomic E-state index is 0.752. The number of rotatable bonds is 2. The van der Waals surface area contributed by atoms with Crippen LogP contribution in [-0.4, -0.2) is 3.90 Å². The maximum absolute atomic E-state index is 5.19. The molecule has 0 saturated carbocycles. The van der Waals surface area contributed by atoms with Crippen LogP contribution in [0.5, 0.6) is 0 Å². The van der Waals surface area contributed by atoms with Crippen LogP contribution in [0.15, 0.2) is 17.7 Å². The Morgan fingerprint density at radius 1 is 1.78 bits per heavy atom. The van der Waals surface area contributed by atoms with Crippen LogP contribution >= 0.6 is 0 Å². The van der Waals surface area contributed by atoms with Crippen molar-refractivity contribution in [3.63, 3.8) is 0 Å². The summed E-state index contributed by atoms with van der Waals surface area (Å²) in [6, 6.07) is 0. The second-order valence-electron chi connectivity index (χ2n) is 1.52. The summed E-state index contributed by atoms with van der Waals surface area (Å²) in [6.45, 7) is 7.20. The molecule has 0 nitrogen and oxygen atoms in total. The zero-order chi connectivity index (χ0) is 7.28. The van der Waals surface area contributed by atoms with E-state index in [-0.39, 0.29) is 0 Å². The molecule has 0 aromatic heterocycles. The van der Waals surface area contributed by atoms with Gasteiger partial charge >= 0.3 is 66.8 Å². The van der Waals surface area contributed by atoms with Crippen LogP contribution in [-0.2, 0) is 19.4 Å². The molecule has 0 aliphatic heterocycles. The van der Waals surface area contributed by atoms with E-state index in [9.17, 15) is 0 Å². The Morgan fingerprint density at radius 2 is 2.33 bits per heavy atom. The normalized spacial score (nSPS) is 10.0. The Morgan fingerprint density at radius 3 is 2.44 bits per heavy atom. The first kappa shape index (κ1) is 8.60. The van der Waals surface area contributed by atoms with Crippen molar-refractivity contribution in [2.75, 3.05) is 0 Å². The fourth-order valence-electron chi connectivity index (χ4n) is 0.357. The van der Waals surface area contributed by atoms with E-state index in [1.54, 1.807) is 0 Å². The number of hydrogen-bond acceptors (Lipinski definition) is 0. The molecule has 0 aliphatic rings. The Labute approximate surface area is 67.1 Å². The number of hydrogen-bond donors (Lipinski definition) is 0. The third-order valence-corrected chi connectivity index (χ3v) is 1.13. The molecule has 0 N–H and O–H groups in total. The van der Waals surface area contributed by atoms with Gasteiger partial charge in [-0.1, -0.05) is 0 Å². The SMILES string of the molecule is C#C/C(C=[CH-])=C/[C](C)=[W]. The van der Waals surface area contributed by atoms with Gasteiger partial charge in [0.1, 0.15) is 0 Å². The van der Waals surface area contributed by atoms with Crippen molar-refractivity contribution in [1.82, 2.24) is 0 Å². The predicted octanol–water partition coefficient (Wildman–Crippen LogP) is 1.27. The summed E-state index contributed by atoms with van der Waals surface area (Å²) in [5.41, 5.74) is 0.752. The van der Waals surface area contributed by atoms with E-state index in [4.69, 9.17) is 13.0 Å². The van der Waals surface area contributed by atoms with Gasteiger partial charge in [0.15, 0.2) is 0 Å². The van der Waals surface area contributed by atoms with Crippen molar-refractivity contribution in [2.45, 2.75) is 6.92 Å². The molecule has 0 saturated heterocycles.